The van der Waals surface area contributed by atoms with Crippen LogP contribution in [0.15, 0.2) is 67.3 Å². The molecule has 0 aromatic heterocycles. The Bertz CT molecular complexity index is 750. The van der Waals surface area contributed by atoms with Gasteiger partial charge >= 0.3 is 0 Å². The number of amides is 2. The van der Waals surface area contributed by atoms with Gasteiger partial charge in [0.25, 0.3) is 11.8 Å². The first-order chi connectivity index (χ1) is 10.7. The number of fused-ring (bicyclic) bond motifs is 1. The first-order valence-corrected chi connectivity index (χ1v) is 7.17. The maximum absolute atomic E-state index is 12.6. The molecule has 2 aliphatic heterocycles. The fourth-order valence-corrected chi connectivity index (χ4v) is 3.12. The van der Waals surface area contributed by atoms with E-state index >= 15 is 0 Å². The quantitative estimate of drug-likeness (QED) is 0.496. The van der Waals surface area contributed by atoms with Gasteiger partial charge in [-0.1, -0.05) is 48.5 Å². The smallest absolute Gasteiger partial charge is 0.267 e. The highest BCUT2D eigenvalue weighted by Crippen LogP contribution is 2.47. The number of carbonyl (C=O) groups is 2. The molecule has 4 rings (SSSR count). The SMILES string of the molecule is C=C[C@@H]1[C@@H](c2ccccc2)N1N1C(=O)c2ccccc2C1=O. The van der Waals surface area contributed by atoms with E-state index in [1.165, 1.54) is 5.01 Å². The van der Waals surface area contributed by atoms with Gasteiger partial charge in [0, 0.05) is 0 Å². The molecule has 3 atom stereocenters. The first kappa shape index (κ1) is 13.0. The molecule has 1 unspecified atom stereocenters. The zero-order valence-electron chi connectivity index (χ0n) is 11.8. The number of hydrogen-bond acceptors (Lipinski definition) is 3. The molecule has 0 aliphatic carbocycles. The van der Waals surface area contributed by atoms with Crippen LogP contribution in [0.4, 0.5) is 0 Å². The molecular formula is C18H14N2O2. The van der Waals surface area contributed by atoms with E-state index in [9.17, 15) is 9.59 Å². The fraction of sp³-hybridized carbons (Fsp3) is 0.111. The van der Waals surface area contributed by atoms with Gasteiger partial charge in [-0.2, -0.15) is 5.01 Å². The Labute approximate surface area is 128 Å². The Morgan fingerprint density at radius 2 is 1.41 bits per heavy atom. The van der Waals surface area contributed by atoms with Crippen LogP contribution >= 0.6 is 0 Å². The van der Waals surface area contributed by atoms with Crippen molar-refractivity contribution in [2.45, 2.75) is 12.1 Å². The van der Waals surface area contributed by atoms with Crippen LogP contribution in [0.2, 0.25) is 0 Å². The molecular weight excluding hydrogens is 276 g/mol. The number of nitrogens with zero attached hydrogens (tertiary/aromatic N) is 2. The first-order valence-electron chi connectivity index (χ1n) is 7.17. The van der Waals surface area contributed by atoms with Crippen LogP contribution in [0.5, 0.6) is 0 Å². The molecule has 2 aromatic carbocycles. The van der Waals surface area contributed by atoms with Crippen LogP contribution < -0.4 is 0 Å². The lowest BCUT2D eigenvalue weighted by molar-refractivity contribution is 0.0353. The van der Waals surface area contributed by atoms with Crippen molar-refractivity contribution in [2.24, 2.45) is 0 Å². The van der Waals surface area contributed by atoms with Gasteiger partial charge < -0.3 is 0 Å². The molecule has 0 spiro atoms. The Morgan fingerprint density at radius 1 is 0.864 bits per heavy atom. The second-order valence-electron chi connectivity index (χ2n) is 5.43. The summed E-state index contributed by atoms with van der Waals surface area (Å²) in [4.78, 5) is 25.1. The lowest BCUT2D eigenvalue weighted by Gasteiger charge is -2.16. The zero-order valence-corrected chi connectivity index (χ0v) is 11.8. The summed E-state index contributed by atoms with van der Waals surface area (Å²) >= 11 is 0. The molecule has 2 aromatic rings. The van der Waals surface area contributed by atoms with Crippen molar-refractivity contribution in [1.29, 1.82) is 0 Å². The Hall–Kier alpha value is -2.72. The van der Waals surface area contributed by atoms with E-state index in [4.69, 9.17) is 0 Å². The summed E-state index contributed by atoms with van der Waals surface area (Å²) in [5.74, 6) is -0.517. The third kappa shape index (κ3) is 1.68. The molecule has 22 heavy (non-hydrogen) atoms. The average molecular weight is 290 g/mol. The van der Waals surface area contributed by atoms with E-state index in [2.05, 4.69) is 6.58 Å². The van der Waals surface area contributed by atoms with Crippen LogP contribution in [-0.2, 0) is 0 Å². The summed E-state index contributed by atoms with van der Waals surface area (Å²) < 4.78 is 0. The number of carbonyl (C=O) groups excluding carboxylic acids is 2. The average Bonchev–Trinajstić information content (AvgIpc) is 3.23. The largest absolute Gasteiger partial charge is 0.276 e. The predicted octanol–water partition coefficient (Wildman–Crippen LogP) is 2.81. The lowest BCUT2D eigenvalue weighted by Crippen LogP contribution is -2.36. The summed E-state index contributed by atoms with van der Waals surface area (Å²) in [5.41, 5.74) is 2.01. The highest BCUT2D eigenvalue weighted by molar-refractivity contribution is 6.21. The van der Waals surface area contributed by atoms with E-state index in [-0.39, 0.29) is 23.9 Å². The molecule has 4 nitrogen and oxygen atoms in total. The third-order valence-electron chi connectivity index (χ3n) is 4.21. The Morgan fingerprint density at radius 3 is 1.95 bits per heavy atom. The van der Waals surface area contributed by atoms with Crippen LogP contribution in [0.3, 0.4) is 0 Å². The second kappa shape index (κ2) is 4.64. The fourth-order valence-electron chi connectivity index (χ4n) is 3.12. The number of hydrogen-bond donors (Lipinski definition) is 0. The van der Waals surface area contributed by atoms with Crippen LogP contribution in [0, 0.1) is 0 Å². The Kier molecular flexibility index (Phi) is 2.74. The van der Waals surface area contributed by atoms with Gasteiger partial charge in [-0.05, 0) is 17.7 Å². The zero-order chi connectivity index (χ0) is 15.3. The van der Waals surface area contributed by atoms with E-state index < -0.39 is 0 Å². The molecule has 2 heterocycles. The maximum atomic E-state index is 12.6. The molecule has 0 radical (unpaired) electrons. The topological polar surface area (TPSA) is 40.4 Å². The van der Waals surface area contributed by atoms with E-state index in [0.29, 0.717) is 11.1 Å². The standard InChI is InChI=1S/C18H14N2O2/c1-2-15-16(12-8-4-3-5-9-12)19(15)20-17(21)13-10-6-7-11-14(13)18(20)22/h2-11,15-16H,1H2/t15-,16-,19?/m1/s1. The lowest BCUT2D eigenvalue weighted by atomic mass is 10.1. The molecule has 4 heteroatoms. The van der Waals surface area contributed by atoms with Crippen LogP contribution in [-0.4, -0.2) is 27.9 Å². The van der Waals surface area contributed by atoms with Gasteiger partial charge in [-0.3, -0.25) is 9.59 Å². The third-order valence-corrected chi connectivity index (χ3v) is 4.21. The van der Waals surface area contributed by atoms with Crippen molar-refractivity contribution < 1.29 is 9.59 Å². The molecule has 2 aliphatic rings. The Balaban J connectivity index is 1.70. The van der Waals surface area contributed by atoms with E-state index in [0.717, 1.165) is 5.56 Å². The maximum Gasteiger partial charge on any atom is 0.276 e. The molecule has 0 saturated carbocycles. The van der Waals surface area contributed by atoms with Gasteiger partial charge in [-0.15, -0.1) is 6.58 Å². The molecule has 1 fully saturated rings. The molecule has 0 N–H and O–H groups in total. The van der Waals surface area contributed by atoms with Gasteiger partial charge in [0.05, 0.1) is 23.2 Å². The van der Waals surface area contributed by atoms with Gasteiger partial charge in [0.15, 0.2) is 0 Å². The monoisotopic (exact) mass is 290 g/mol. The molecule has 0 bridgehead atoms. The second-order valence-corrected chi connectivity index (χ2v) is 5.43. The predicted molar refractivity (Wildman–Crippen MR) is 81.9 cm³/mol. The van der Waals surface area contributed by atoms with Crippen molar-refractivity contribution in [2.75, 3.05) is 0 Å². The summed E-state index contributed by atoms with van der Waals surface area (Å²) in [6, 6.07) is 16.7. The minimum Gasteiger partial charge on any atom is -0.267 e. The van der Waals surface area contributed by atoms with E-state index in [1.807, 2.05) is 30.3 Å². The number of hydrazine groups is 1. The summed E-state index contributed by atoms with van der Waals surface area (Å²) in [7, 11) is 0. The minimum absolute atomic E-state index is 0.0130. The van der Waals surface area contributed by atoms with Crippen molar-refractivity contribution in [1.82, 2.24) is 10.0 Å². The van der Waals surface area contributed by atoms with E-state index in [1.54, 1.807) is 35.4 Å². The van der Waals surface area contributed by atoms with Gasteiger partial charge in [-0.25, -0.2) is 5.01 Å². The number of rotatable bonds is 3. The highest BCUT2D eigenvalue weighted by atomic mass is 16.2. The normalized spacial score (nSPS) is 26.0. The van der Waals surface area contributed by atoms with Crippen molar-refractivity contribution >= 4 is 11.8 Å². The van der Waals surface area contributed by atoms with Crippen molar-refractivity contribution in [3.05, 3.63) is 83.9 Å². The molecule has 108 valence electrons. The van der Waals surface area contributed by atoms with Crippen LogP contribution in [0.25, 0.3) is 0 Å². The molecule has 2 amide bonds. The van der Waals surface area contributed by atoms with Crippen LogP contribution in [0.1, 0.15) is 32.3 Å². The molecule has 1 saturated heterocycles. The number of imide groups is 1. The van der Waals surface area contributed by atoms with Crippen molar-refractivity contribution in [3.8, 4) is 0 Å². The number of benzene rings is 2. The summed E-state index contributed by atoms with van der Waals surface area (Å²) in [6.45, 7) is 3.83. The van der Waals surface area contributed by atoms with Crippen molar-refractivity contribution in [3.63, 3.8) is 0 Å². The highest BCUT2D eigenvalue weighted by Gasteiger charge is 2.56. The van der Waals surface area contributed by atoms with Gasteiger partial charge in [0.2, 0.25) is 0 Å². The summed E-state index contributed by atoms with van der Waals surface area (Å²) in [5, 5.41) is 3.06. The van der Waals surface area contributed by atoms with Gasteiger partial charge in [0.1, 0.15) is 0 Å². The summed E-state index contributed by atoms with van der Waals surface area (Å²) in [6.07, 6.45) is 1.78. The minimum atomic E-state index is -0.258.